The molecular weight excluding hydrogens is 496 g/mol. The molecule has 0 bridgehead atoms. The molecule has 2 aromatic carbocycles. The van der Waals surface area contributed by atoms with Crippen LogP contribution in [0.3, 0.4) is 0 Å². The zero-order valence-electron chi connectivity index (χ0n) is 24.6. The smallest absolute Gasteiger partial charge is 0.119 e. The minimum atomic E-state index is 0.280. The van der Waals surface area contributed by atoms with Crippen LogP contribution in [0.25, 0.3) is 0 Å². The van der Waals surface area contributed by atoms with E-state index in [-0.39, 0.29) is 6.04 Å². The first-order chi connectivity index (χ1) is 19.6. The van der Waals surface area contributed by atoms with Crippen molar-refractivity contribution in [2.24, 2.45) is 11.8 Å². The van der Waals surface area contributed by atoms with Crippen LogP contribution in [-0.2, 0) is 24.1 Å². The van der Waals surface area contributed by atoms with Gasteiger partial charge in [-0.1, -0.05) is 50.5 Å². The lowest BCUT2D eigenvalue weighted by Crippen LogP contribution is -2.43. The van der Waals surface area contributed by atoms with E-state index in [0.717, 1.165) is 57.0 Å². The Morgan fingerprint density at radius 2 is 1.75 bits per heavy atom. The van der Waals surface area contributed by atoms with E-state index in [4.69, 9.17) is 9.47 Å². The Hall–Kier alpha value is -2.76. The van der Waals surface area contributed by atoms with Crippen molar-refractivity contribution in [3.05, 3.63) is 83.1 Å². The fourth-order valence-corrected chi connectivity index (χ4v) is 6.86. The highest BCUT2D eigenvalue weighted by molar-refractivity contribution is 5.37. The van der Waals surface area contributed by atoms with Gasteiger partial charge in [-0.25, -0.2) is 0 Å². The molecule has 216 valence electrons. The Bertz CT molecular complexity index is 1130. The SMILES string of the molecule is CCN(Cc1ccc(OCCN2CCCCCCC2)cc1)C1C=C(OC)C=CC1[C@@H]1CCc2cc(O)ccc2C1. The number of ether oxygens (including phenoxy) is 2. The lowest BCUT2D eigenvalue weighted by Gasteiger charge is -2.41. The van der Waals surface area contributed by atoms with Gasteiger partial charge in [0, 0.05) is 19.1 Å². The molecule has 0 spiro atoms. The summed E-state index contributed by atoms with van der Waals surface area (Å²) < 4.78 is 11.8. The van der Waals surface area contributed by atoms with Gasteiger partial charge in [0.15, 0.2) is 0 Å². The number of nitrogens with zero attached hydrogens (tertiary/aromatic N) is 2. The molecule has 1 aliphatic heterocycles. The molecule has 5 rings (SSSR count). The second kappa shape index (κ2) is 14.2. The highest BCUT2D eigenvalue weighted by atomic mass is 16.5. The van der Waals surface area contributed by atoms with E-state index in [1.165, 1.54) is 61.9 Å². The van der Waals surface area contributed by atoms with Gasteiger partial charge < -0.3 is 14.6 Å². The van der Waals surface area contributed by atoms with Crippen molar-refractivity contribution in [3.63, 3.8) is 0 Å². The quantitative estimate of drug-likeness (QED) is 0.359. The van der Waals surface area contributed by atoms with Crippen molar-refractivity contribution < 1.29 is 14.6 Å². The number of fused-ring (bicyclic) bond motifs is 1. The van der Waals surface area contributed by atoms with Gasteiger partial charge in [0.2, 0.25) is 0 Å². The largest absolute Gasteiger partial charge is 0.508 e. The molecule has 0 saturated carbocycles. The number of allylic oxidation sites excluding steroid dienone is 1. The van der Waals surface area contributed by atoms with E-state index < -0.39 is 0 Å². The molecule has 40 heavy (non-hydrogen) atoms. The Kier molecular flexibility index (Phi) is 10.2. The van der Waals surface area contributed by atoms with Crippen LogP contribution < -0.4 is 4.74 Å². The molecule has 2 unspecified atom stereocenters. The zero-order valence-corrected chi connectivity index (χ0v) is 24.6. The van der Waals surface area contributed by atoms with Gasteiger partial charge in [-0.3, -0.25) is 9.80 Å². The van der Waals surface area contributed by atoms with Crippen LogP contribution in [-0.4, -0.2) is 60.8 Å². The average molecular weight is 545 g/mol. The molecule has 5 nitrogen and oxygen atoms in total. The number of aryl methyl sites for hydroxylation is 1. The van der Waals surface area contributed by atoms with Crippen LogP contribution in [0.2, 0.25) is 0 Å². The fourth-order valence-electron chi connectivity index (χ4n) is 6.86. The van der Waals surface area contributed by atoms with E-state index >= 15 is 0 Å². The third kappa shape index (κ3) is 7.50. The van der Waals surface area contributed by atoms with Crippen LogP contribution >= 0.6 is 0 Å². The number of methoxy groups -OCH3 is 1. The van der Waals surface area contributed by atoms with E-state index in [2.05, 4.69) is 65.3 Å². The number of rotatable bonds is 10. The lowest BCUT2D eigenvalue weighted by atomic mass is 9.72. The molecular formula is C35H48N2O3. The van der Waals surface area contributed by atoms with Crippen LogP contribution in [0.1, 0.15) is 62.1 Å². The maximum absolute atomic E-state index is 9.93. The highest BCUT2D eigenvalue weighted by Crippen LogP contribution is 2.38. The van der Waals surface area contributed by atoms with Gasteiger partial charge in [0.05, 0.1) is 7.11 Å². The average Bonchev–Trinajstić information content (AvgIpc) is 2.97. The first-order valence-electron chi connectivity index (χ1n) is 15.6. The minimum Gasteiger partial charge on any atom is -0.508 e. The van der Waals surface area contributed by atoms with Crippen molar-refractivity contribution in [2.45, 2.75) is 70.9 Å². The Balaban J connectivity index is 1.20. The van der Waals surface area contributed by atoms with Crippen molar-refractivity contribution >= 4 is 0 Å². The molecule has 0 aromatic heterocycles. The predicted molar refractivity (Wildman–Crippen MR) is 163 cm³/mol. The van der Waals surface area contributed by atoms with Gasteiger partial charge in [0.1, 0.15) is 23.9 Å². The first-order valence-corrected chi connectivity index (χ1v) is 15.6. The number of aromatic hydroxyl groups is 1. The van der Waals surface area contributed by atoms with Crippen LogP contribution in [0.4, 0.5) is 0 Å². The number of likely N-dealkylation sites (N-methyl/N-ethyl adjacent to an activating group) is 1. The molecule has 1 N–H and O–H groups in total. The van der Waals surface area contributed by atoms with Crippen LogP contribution in [0.5, 0.6) is 11.5 Å². The molecule has 0 amide bonds. The van der Waals surface area contributed by atoms with Gasteiger partial charge in [-0.2, -0.15) is 0 Å². The summed E-state index contributed by atoms with van der Waals surface area (Å²) >= 11 is 0. The number of hydrogen-bond donors (Lipinski definition) is 1. The van der Waals surface area contributed by atoms with Gasteiger partial charge >= 0.3 is 0 Å². The molecule has 2 aliphatic carbocycles. The fraction of sp³-hybridized carbons (Fsp3) is 0.543. The molecule has 1 saturated heterocycles. The summed E-state index contributed by atoms with van der Waals surface area (Å²) in [6.07, 6.45) is 16.8. The Labute approximate surface area is 241 Å². The van der Waals surface area contributed by atoms with Crippen molar-refractivity contribution in [1.29, 1.82) is 0 Å². The van der Waals surface area contributed by atoms with Crippen LogP contribution in [0.15, 0.2) is 66.5 Å². The maximum Gasteiger partial charge on any atom is 0.119 e. The predicted octanol–water partition coefficient (Wildman–Crippen LogP) is 6.75. The van der Waals surface area contributed by atoms with E-state index in [9.17, 15) is 5.11 Å². The first kappa shape index (κ1) is 28.8. The third-order valence-corrected chi connectivity index (χ3v) is 9.21. The second-order valence-electron chi connectivity index (χ2n) is 11.8. The number of hydrogen-bond acceptors (Lipinski definition) is 5. The van der Waals surface area contributed by atoms with Gasteiger partial charge in [-0.05, 0) is 117 Å². The monoisotopic (exact) mass is 544 g/mol. The topological polar surface area (TPSA) is 45.2 Å². The van der Waals surface area contributed by atoms with Crippen LogP contribution in [0, 0.1) is 11.8 Å². The zero-order chi connectivity index (χ0) is 27.7. The second-order valence-corrected chi connectivity index (χ2v) is 11.8. The number of likely N-dealkylation sites (tertiary alicyclic amines) is 1. The molecule has 1 fully saturated rings. The molecule has 0 radical (unpaired) electrons. The van der Waals surface area contributed by atoms with Crippen molar-refractivity contribution in [1.82, 2.24) is 9.80 Å². The summed E-state index contributed by atoms with van der Waals surface area (Å²) in [5.74, 6) is 3.27. The summed E-state index contributed by atoms with van der Waals surface area (Å²) in [6.45, 7) is 8.31. The molecule has 1 heterocycles. The third-order valence-electron chi connectivity index (χ3n) is 9.21. The van der Waals surface area contributed by atoms with E-state index in [1.807, 2.05) is 12.1 Å². The number of benzene rings is 2. The van der Waals surface area contributed by atoms with E-state index in [1.54, 1.807) is 7.11 Å². The summed E-state index contributed by atoms with van der Waals surface area (Å²) in [6, 6.07) is 14.9. The van der Waals surface area contributed by atoms with Gasteiger partial charge in [0.25, 0.3) is 0 Å². The summed E-state index contributed by atoms with van der Waals surface area (Å²) in [4.78, 5) is 5.15. The molecule has 2 aromatic rings. The molecule has 3 atom stereocenters. The molecule has 5 heteroatoms. The summed E-state index contributed by atoms with van der Waals surface area (Å²) in [5, 5.41) is 9.93. The standard InChI is InChI=1S/C35H48N2O3/c1-3-37(26-27-9-15-32(16-10-27)40-22-21-36-19-7-5-4-6-8-20-36)35-25-33(39-2)17-18-34(35)30-12-11-29-24-31(38)14-13-28(29)23-30/h9-10,13-18,24-25,30,34-35,38H,3-8,11-12,19-23,26H2,1-2H3/t30-,34?,35?/m1/s1. The molecule has 3 aliphatic rings. The lowest BCUT2D eigenvalue weighted by molar-refractivity contribution is 0.147. The van der Waals surface area contributed by atoms with Crippen molar-refractivity contribution in [2.75, 3.05) is 39.9 Å². The van der Waals surface area contributed by atoms with Crippen molar-refractivity contribution in [3.8, 4) is 11.5 Å². The maximum atomic E-state index is 9.93. The number of phenols is 1. The minimum absolute atomic E-state index is 0.280. The summed E-state index contributed by atoms with van der Waals surface area (Å²) in [7, 11) is 1.76. The normalized spacial score (nSPS) is 23.7. The van der Waals surface area contributed by atoms with Gasteiger partial charge in [-0.15, -0.1) is 0 Å². The Morgan fingerprint density at radius 1 is 0.975 bits per heavy atom. The Morgan fingerprint density at radius 3 is 2.50 bits per heavy atom. The highest BCUT2D eigenvalue weighted by Gasteiger charge is 2.34. The number of phenolic OH excluding ortho intramolecular Hbond substituents is 1. The van der Waals surface area contributed by atoms with E-state index in [0.29, 0.717) is 17.6 Å². The summed E-state index contributed by atoms with van der Waals surface area (Å²) in [5.41, 5.74) is 3.99.